The molecule has 1 aromatic rings. The second kappa shape index (κ2) is 4.64. The Bertz CT molecular complexity index is 376. The van der Waals surface area contributed by atoms with Crippen molar-refractivity contribution in [2.75, 3.05) is 0 Å². The Hall–Kier alpha value is -0.0669. The second-order valence-electron chi connectivity index (χ2n) is 3.40. The molecule has 2 rings (SSSR count). The van der Waals surface area contributed by atoms with Gasteiger partial charge in [-0.25, -0.2) is 0 Å². The van der Waals surface area contributed by atoms with Crippen LogP contribution in [-0.4, -0.2) is 0 Å². The number of halogens is 1. The molecule has 0 amide bonds. The van der Waals surface area contributed by atoms with Gasteiger partial charge >= 0.3 is 93.6 Å². The van der Waals surface area contributed by atoms with E-state index in [0.29, 0.717) is 5.92 Å². The van der Waals surface area contributed by atoms with Gasteiger partial charge in [0, 0.05) is 0 Å². The maximum Gasteiger partial charge on any atom is -0.147 e. The van der Waals surface area contributed by atoms with Crippen molar-refractivity contribution >= 4 is 18.0 Å². The van der Waals surface area contributed by atoms with Crippen LogP contribution in [0.2, 0.25) is 0 Å². The van der Waals surface area contributed by atoms with Crippen LogP contribution < -0.4 is 0 Å². The van der Waals surface area contributed by atoms with Crippen molar-refractivity contribution in [2.45, 2.75) is 13.8 Å². The summed E-state index contributed by atoms with van der Waals surface area (Å²) in [7, 11) is 0. The predicted molar refractivity (Wildman–Crippen MR) is 55.8 cm³/mol. The predicted octanol–water partition coefficient (Wildman–Crippen LogP) is 3.56. The van der Waals surface area contributed by atoms with Gasteiger partial charge in [0.25, 0.3) is 0 Å². The molecule has 1 heterocycles. The molecule has 1 aliphatic rings. The zero-order chi connectivity index (χ0) is 9.42. The normalized spacial score (nSPS) is 20.6. The minimum atomic E-state index is 0. The largest absolute Gasteiger partial charge is 0.147 e. The molecular formula is C11H12ClOZr. The van der Waals surface area contributed by atoms with E-state index in [2.05, 4.69) is 19.9 Å². The third-order valence-electron chi connectivity index (χ3n) is 2.39. The summed E-state index contributed by atoms with van der Waals surface area (Å²) in [5.74, 6) is 1.61. The number of hydrogen-bond donors (Lipinski definition) is 0. The first kappa shape index (κ1) is 12.0. The maximum atomic E-state index is 5.42. The van der Waals surface area contributed by atoms with E-state index < -0.39 is 0 Å². The van der Waals surface area contributed by atoms with E-state index in [1.807, 2.05) is 12.1 Å². The monoisotopic (exact) mass is 285 g/mol. The Morgan fingerprint density at radius 2 is 2.14 bits per heavy atom. The first-order valence-corrected chi connectivity index (χ1v) is 5.61. The van der Waals surface area contributed by atoms with Gasteiger partial charge in [-0.05, 0) is 0 Å². The fraction of sp³-hybridized carbons (Fsp3) is 0.273. The molecule has 0 aromatic carbocycles. The molecule has 1 unspecified atom stereocenters. The van der Waals surface area contributed by atoms with Gasteiger partial charge in [0.05, 0.1) is 0 Å². The maximum absolute atomic E-state index is 5.42. The summed E-state index contributed by atoms with van der Waals surface area (Å²) in [6, 6.07) is 3.98. The third kappa shape index (κ3) is 1.97. The standard InChI is InChI=1S/C11H11O.ClH.Zr/c1-8-6-9(2)10(7-8)11-4-3-5-12-11;;/h3-6,8H,1-2H3;1H;. The van der Waals surface area contributed by atoms with Gasteiger partial charge in [0.2, 0.25) is 0 Å². The van der Waals surface area contributed by atoms with E-state index in [1.54, 1.807) is 6.26 Å². The first-order valence-electron chi connectivity index (χ1n) is 4.38. The van der Waals surface area contributed by atoms with E-state index in [0.717, 1.165) is 5.76 Å². The molecule has 0 radical (unpaired) electrons. The topological polar surface area (TPSA) is 13.1 Å². The van der Waals surface area contributed by atoms with Crippen LogP contribution in [0.15, 0.2) is 37.7 Å². The summed E-state index contributed by atoms with van der Waals surface area (Å²) in [6.07, 6.45) is 4.05. The quantitative estimate of drug-likeness (QED) is 0.769. The molecule has 14 heavy (non-hydrogen) atoms. The van der Waals surface area contributed by atoms with Gasteiger partial charge in [0.1, 0.15) is 0 Å². The Labute approximate surface area is 106 Å². The Kier molecular flexibility index (Phi) is 3.97. The van der Waals surface area contributed by atoms with Crippen molar-refractivity contribution in [1.82, 2.24) is 0 Å². The summed E-state index contributed by atoms with van der Waals surface area (Å²) in [6.45, 7) is 4.40. The van der Waals surface area contributed by atoms with Crippen molar-refractivity contribution in [3.8, 4) is 0 Å². The van der Waals surface area contributed by atoms with Crippen LogP contribution in [0, 0.1) is 5.92 Å². The van der Waals surface area contributed by atoms with E-state index in [9.17, 15) is 0 Å². The Morgan fingerprint density at radius 1 is 1.43 bits per heavy atom. The Balaban J connectivity index is 0.000000980. The molecule has 73 valence electrons. The first-order chi connectivity index (χ1) is 6.20. The molecule has 0 aliphatic heterocycles. The fourth-order valence-corrected chi connectivity index (χ4v) is 2.72. The summed E-state index contributed by atoms with van der Waals surface area (Å²) in [5.41, 5.74) is 2.69. The van der Waals surface area contributed by atoms with E-state index in [-0.39, 0.29) is 12.4 Å². The smallest absolute Gasteiger partial charge is 0.147 e. The third-order valence-corrected chi connectivity index (χ3v) is 4.12. The van der Waals surface area contributed by atoms with Crippen LogP contribution in [0.25, 0.3) is 5.57 Å². The van der Waals surface area contributed by atoms with E-state index in [1.165, 1.54) is 39.1 Å². The summed E-state index contributed by atoms with van der Waals surface area (Å²) in [5, 5.41) is 0. The van der Waals surface area contributed by atoms with Gasteiger partial charge in [-0.15, -0.1) is 12.4 Å². The molecule has 3 heteroatoms. The van der Waals surface area contributed by atoms with Crippen LogP contribution in [-0.2, 0) is 24.7 Å². The van der Waals surface area contributed by atoms with Crippen LogP contribution in [0.4, 0.5) is 0 Å². The molecule has 0 spiro atoms. The van der Waals surface area contributed by atoms with Gasteiger partial charge < -0.3 is 0 Å². The molecule has 1 nitrogen and oxygen atoms in total. The average molecular weight is 287 g/mol. The van der Waals surface area contributed by atoms with Gasteiger partial charge in [-0.1, -0.05) is 0 Å². The molecule has 1 aliphatic carbocycles. The van der Waals surface area contributed by atoms with Crippen molar-refractivity contribution in [2.24, 2.45) is 5.92 Å². The molecule has 1 atom stereocenters. The molecule has 0 bridgehead atoms. The van der Waals surface area contributed by atoms with Crippen LogP contribution in [0.1, 0.15) is 19.6 Å². The average Bonchev–Trinajstić information content (AvgIpc) is 2.63. The Morgan fingerprint density at radius 3 is 2.57 bits per heavy atom. The minimum absolute atomic E-state index is 0. The zero-order valence-electron chi connectivity index (χ0n) is 8.20. The summed E-state index contributed by atoms with van der Waals surface area (Å²) >= 11 is 1.49. The van der Waals surface area contributed by atoms with Crippen molar-refractivity contribution in [3.63, 3.8) is 0 Å². The van der Waals surface area contributed by atoms with Gasteiger partial charge in [-0.3, -0.25) is 0 Å². The SMILES string of the molecule is CC1=CC(C)[C]([Zr])=C1c1ccco1.Cl. The van der Waals surface area contributed by atoms with Gasteiger partial charge in [0.15, 0.2) is 0 Å². The molecule has 0 N–H and O–H groups in total. The van der Waals surface area contributed by atoms with Crippen molar-refractivity contribution in [3.05, 3.63) is 39.1 Å². The summed E-state index contributed by atoms with van der Waals surface area (Å²) in [4.78, 5) is 0. The molecule has 0 saturated carbocycles. The number of rotatable bonds is 1. The van der Waals surface area contributed by atoms with Crippen molar-refractivity contribution in [1.29, 1.82) is 0 Å². The van der Waals surface area contributed by atoms with E-state index >= 15 is 0 Å². The fourth-order valence-electron chi connectivity index (χ4n) is 1.73. The molecule has 0 fully saturated rings. The van der Waals surface area contributed by atoms with Crippen LogP contribution >= 0.6 is 12.4 Å². The molecular weight excluding hydrogens is 275 g/mol. The number of allylic oxidation sites excluding steroid dienone is 4. The van der Waals surface area contributed by atoms with Gasteiger partial charge in [-0.2, -0.15) is 0 Å². The van der Waals surface area contributed by atoms with Crippen LogP contribution in [0.3, 0.4) is 0 Å². The summed E-state index contributed by atoms with van der Waals surface area (Å²) < 4.78 is 6.92. The van der Waals surface area contributed by atoms with E-state index in [4.69, 9.17) is 4.42 Å². The second-order valence-corrected chi connectivity index (χ2v) is 4.73. The molecule has 1 aromatic heterocycles. The number of furan rings is 1. The van der Waals surface area contributed by atoms with Crippen LogP contribution in [0.5, 0.6) is 0 Å². The molecule has 0 saturated heterocycles. The van der Waals surface area contributed by atoms with Crippen molar-refractivity contribution < 1.29 is 29.1 Å². The minimum Gasteiger partial charge on any atom is -0.147 e. The zero-order valence-corrected chi connectivity index (χ0v) is 11.5. The number of hydrogen-bond acceptors (Lipinski definition) is 1.